The minimum atomic E-state index is -4.62. The number of nitrogens with one attached hydrogen (secondary N) is 2. The summed E-state index contributed by atoms with van der Waals surface area (Å²) in [6.45, 7) is -0.342. The first kappa shape index (κ1) is 34.9. The molecule has 4 aromatic rings. The quantitative estimate of drug-likeness (QED) is 0.172. The number of benzene rings is 3. The van der Waals surface area contributed by atoms with Gasteiger partial charge in [0.1, 0.15) is 6.61 Å². The molecule has 5 rings (SSSR count). The van der Waals surface area contributed by atoms with Crippen molar-refractivity contribution in [2.45, 2.75) is 56.3 Å². The van der Waals surface area contributed by atoms with E-state index in [9.17, 15) is 32.7 Å². The predicted molar refractivity (Wildman–Crippen MR) is 173 cm³/mol. The van der Waals surface area contributed by atoms with Gasteiger partial charge in [0.25, 0.3) is 5.91 Å². The zero-order valence-corrected chi connectivity index (χ0v) is 26.3. The van der Waals surface area contributed by atoms with E-state index in [2.05, 4.69) is 15.6 Å². The van der Waals surface area contributed by atoms with Gasteiger partial charge in [-0.3, -0.25) is 14.7 Å². The fourth-order valence-electron chi connectivity index (χ4n) is 5.48. The van der Waals surface area contributed by atoms with E-state index in [-0.39, 0.29) is 38.1 Å². The lowest BCUT2D eigenvalue weighted by atomic mass is 9.93. The molecule has 3 aromatic carbocycles. The van der Waals surface area contributed by atoms with Gasteiger partial charge in [-0.1, -0.05) is 72.8 Å². The molecule has 1 fully saturated rings. The lowest BCUT2D eigenvalue weighted by Gasteiger charge is -2.28. The lowest BCUT2D eigenvalue weighted by Crippen LogP contribution is -2.50. The number of carbonyl (C=O) groups is 3. The summed E-state index contributed by atoms with van der Waals surface area (Å²) in [5.41, 5.74) is 1.37. The number of aliphatic hydroxyl groups excluding tert-OH is 1. The largest absolute Gasteiger partial charge is 0.445 e. The molecule has 1 aliphatic rings. The molecule has 3 amide bonds. The molecule has 2 heterocycles. The Balaban J connectivity index is 1.29. The van der Waals surface area contributed by atoms with E-state index in [1.54, 1.807) is 24.5 Å². The SMILES string of the molecule is O=C(N[C@@H](Cc1ccccc1)[C@@H](O)C[C@H](Cc1ccccc1)NC(=O)C1CN(c2cccc(C(F)(F)F)c2)C(=O)O1)OCc1cccnc1. The maximum atomic E-state index is 13.5. The summed E-state index contributed by atoms with van der Waals surface area (Å²) < 4.78 is 50.5. The number of alkyl carbamates (subject to hydrolysis) is 1. The number of rotatable bonds is 13. The summed E-state index contributed by atoms with van der Waals surface area (Å²) in [4.78, 5) is 44.0. The number of aromatic nitrogens is 1. The second-order valence-corrected chi connectivity index (χ2v) is 11.6. The summed E-state index contributed by atoms with van der Waals surface area (Å²) in [6.07, 6.45) is -5.13. The Morgan fingerprint density at radius 2 is 1.59 bits per heavy atom. The van der Waals surface area contributed by atoms with E-state index in [0.717, 1.165) is 28.2 Å². The van der Waals surface area contributed by atoms with Crippen LogP contribution in [0.15, 0.2) is 109 Å². The fraction of sp³-hybridized carbons (Fsp3) is 0.278. The molecule has 1 saturated heterocycles. The third-order valence-electron chi connectivity index (χ3n) is 7.95. The average molecular weight is 677 g/mol. The van der Waals surface area contributed by atoms with Gasteiger partial charge in [0.15, 0.2) is 6.10 Å². The van der Waals surface area contributed by atoms with Crippen molar-refractivity contribution in [1.82, 2.24) is 15.6 Å². The van der Waals surface area contributed by atoms with Crippen LogP contribution >= 0.6 is 0 Å². The molecule has 0 aliphatic carbocycles. The Labute approximate surface area is 280 Å². The minimum absolute atomic E-state index is 0.0149. The Kier molecular flexibility index (Phi) is 11.5. The number of ether oxygens (including phenoxy) is 2. The highest BCUT2D eigenvalue weighted by atomic mass is 19.4. The Hall–Kier alpha value is -5.43. The van der Waals surface area contributed by atoms with Crippen molar-refractivity contribution >= 4 is 23.8 Å². The highest BCUT2D eigenvalue weighted by molar-refractivity contribution is 5.95. The van der Waals surface area contributed by atoms with E-state index >= 15 is 0 Å². The van der Waals surface area contributed by atoms with Gasteiger partial charge in [-0.15, -0.1) is 0 Å². The minimum Gasteiger partial charge on any atom is -0.445 e. The number of alkyl halides is 3. The number of halogens is 3. The molecule has 13 heteroatoms. The van der Waals surface area contributed by atoms with Crippen LogP contribution in [0.1, 0.15) is 28.7 Å². The first-order valence-electron chi connectivity index (χ1n) is 15.6. The number of cyclic esters (lactones) is 1. The molecular formula is C36H35F3N4O6. The highest BCUT2D eigenvalue weighted by Gasteiger charge is 2.39. The van der Waals surface area contributed by atoms with Crippen molar-refractivity contribution < 1.29 is 42.1 Å². The van der Waals surface area contributed by atoms with Crippen LogP contribution in [0.3, 0.4) is 0 Å². The Morgan fingerprint density at radius 3 is 2.24 bits per heavy atom. The number of carbonyl (C=O) groups excluding carboxylic acids is 3. The first-order valence-corrected chi connectivity index (χ1v) is 15.6. The molecule has 0 bridgehead atoms. The number of anilines is 1. The van der Waals surface area contributed by atoms with Crippen LogP contribution < -0.4 is 15.5 Å². The summed E-state index contributed by atoms with van der Waals surface area (Å²) in [6, 6.07) is 24.6. The highest BCUT2D eigenvalue weighted by Crippen LogP contribution is 2.33. The van der Waals surface area contributed by atoms with Gasteiger partial charge in [-0.2, -0.15) is 13.2 Å². The normalized spacial score (nSPS) is 16.3. The van der Waals surface area contributed by atoms with Crippen molar-refractivity contribution in [3.63, 3.8) is 0 Å². The predicted octanol–water partition coefficient (Wildman–Crippen LogP) is 5.44. The van der Waals surface area contributed by atoms with E-state index in [4.69, 9.17) is 9.47 Å². The molecule has 49 heavy (non-hydrogen) atoms. The van der Waals surface area contributed by atoms with Gasteiger partial charge >= 0.3 is 18.4 Å². The molecule has 4 atom stereocenters. The monoisotopic (exact) mass is 676 g/mol. The number of aliphatic hydroxyl groups is 1. The van der Waals surface area contributed by atoms with Crippen molar-refractivity contribution in [3.8, 4) is 0 Å². The first-order chi connectivity index (χ1) is 23.5. The van der Waals surface area contributed by atoms with Gasteiger partial charge in [-0.25, -0.2) is 9.59 Å². The molecule has 1 aromatic heterocycles. The molecule has 0 radical (unpaired) electrons. The van der Waals surface area contributed by atoms with Crippen molar-refractivity contribution in [1.29, 1.82) is 0 Å². The lowest BCUT2D eigenvalue weighted by molar-refractivity contribution is -0.137. The number of hydrogen-bond donors (Lipinski definition) is 3. The maximum Gasteiger partial charge on any atom is 0.416 e. The van der Waals surface area contributed by atoms with Crippen LogP contribution in [0.25, 0.3) is 0 Å². The smallest absolute Gasteiger partial charge is 0.416 e. The van der Waals surface area contributed by atoms with Crippen LogP contribution in [0.5, 0.6) is 0 Å². The summed E-state index contributed by atoms with van der Waals surface area (Å²) in [7, 11) is 0. The van der Waals surface area contributed by atoms with Crippen molar-refractivity contribution in [2.75, 3.05) is 11.4 Å². The molecular weight excluding hydrogens is 641 g/mol. The molecule has 0 spiro atoms. The molecule has 1 aliphatic heterocycles. The molecule has 0 saturated carbocycles. The van der Waals surface area contributed by atoms with Crippen LogP contribution in [0, 0.1) is 0 Å². The number of pyridine rings is 1. The van der Waals surface area contributed by atoms with Crippen molar-refractivity contribution in [3.05, 3.63) is 132 Å². The number of hydrogen-bond acceptors (Lipinski definition) is 7. The molecule has 3 N–H and O–H groups in total. The number of amides is 3. The fourth-order valence-corrected chi connectivity index (χ4v) is 5.48. The topological polar surface area (TPSA) is 130 Å². The second kappa shape index (κ2) is 16.1. The Bertz CT molecular complexity index is 1700. The summed E-state index contributed by atoms with van der Waals surface area (Å²) in [5.74, 6) is -0.681. The molecule has 1 unspecified atom stereocenters. The van der Waals surface area contributed by atoms with E-state index < -0.39 is 54.1 Å². The third kappa shape index (κ3) is 10.0. The van der Waals surface area contributed by atoms with E-state index in [1.807, 2.05) is 60.7 Å². The second-order valence-electron chi connectivity index (χ2n) is 11.6. The Morgan fingerprint density at radius 1 is 0.918 bits per heavy atom. The summed E-state index contributed by atoms with van der Waals surface area (Å²) >= 11 is 0. The van der Waals surface area contributed by atoms with E-state index in [1.165, 1.54) is 12.1 Å². The summed E-state index contributed by atoms with van der Waals surface area (Å²) in [5, 5.41) is 17.1. The van der Waals surface area contributed by atoms with Gasteiger partial charge in [-0.05, 0) is 54.7 Å². The molecule has 256 valence electrons. The van der Waals surface area contributed by atoms with Crippen LogP contribution in [0.2, 0.25) is 0 Å². The maximum absolute atomic E-state index is 13.5. The van der Waals surface area contributed by atoms with Crippen molar-refractivity contribution in [2.24, 2.45) is 0 Å². The third-order valence-corrected chi connectivity index (χ3v) is 7.95. The van der Waals surface area contributed by atoms with Gasteiger partial charge in [0.05, 0.1) is 24.3 Å². The van der Waals surface area contributed by atoms with Gasteiger partial charge < -0.3 is 25.2 Å². The zero-order chi connectivity index (χ0) is 34.8. The molecule has 10 nitrogen and oxygen atoms in total. The van der Waals surface area contributed by atoms with Crippen LogP contribution in [-0.2, 0) is 39.9 Å². The van der Waals surface area contributed by atoms with Crippen LogP contribution in [0.4, 0.5) is 28.4 Å². The number of nitrogens with zero attached hydrogens (tertiary/aromatic N) is 2. The zero-order valence-electron chi connectivity index (χ0n) is 26.3. The van der Waals surface area contributed by atoms with Gasteiger partial charge in [0.2, 0.25) is 0 Å². The van der Waals surface area contributed by atoms with Gasteiger partial charge in [0, 0.05) is 29.7 Å². The average Bonchev–Trinajstić information content (AvgIpc) is 3.49. The van der Waals surface area contributed by atoms with Crippen LogP contribution in [-0.4, -0.2) is 59.0 Å². The van der Waals surface area contributed by atoms with E-state index in [0.29, 0.717) is 5.56 Å². The standard InChI is InChI=1S/C36H35F3N4O6/c37-36(38,39)27-14-7-15-29(19-27)43-22-32(49-35(43)47)33(45)41-28(17-24-9-3-1-4-10-24)20-31(44)30(18-25-11-5-2-6-12-25)42-34(46)48-23-26-13-8-16-40-21-26/h1-16,19,21,28,30-32,44H,17-18,20,22-23H2,(H,41,45)(H,42,46)/t28-,30-,31-,32?/m0/s1.